The molecule has 0 atom stereocenters. The van der Waals surface area contributed by atoms with E-state index < -0.39 is 0 Å². The molecule has 4 heteroatoms. The predicted molar refractivity (Wildman–Crippen MR) is 250 cm³/mol. The number of fused-ring (bicyclic) bond motifs is 8. The number of hydrogen-bond acceptors (Lipinski definition) is 4. The smallest absolute Gasteiger partial charge is 0.161 e. The number of aromatic nitrogens is 2. The lowest BCUT2D eigenvalue weighted by molar-refractivity contribution is 1.19. The first-order valence-corrected chi connectivity index (χ1v) is 21.2. The molecule has 12 rings (SSSR count). The molecule has 0 spiro atoms. The van der Waals surface area contributed by atoms with Crippen molar-refractivity contribution in [2.75, 3.05) is 0 Å². The number of thiophene rings is 2. The Kier molecular flexibility index (Phi) is 7.62. The van der Waals surface area contributed by atoms with Gasteiger partial charge in [-0.1, -0.05) is 170 Å². The average Bonchev–Trinajstić information content (AvgIpc) is 3.87. The molecule has 0 bridgehead atoms. The van der Waals surface area contributed by atoms with Gasteiger partial charge in [-0.3, -0.25) is 0 Å². The molecule has 0 fully saturated rings. The number of hydrogen-bond donors (Lipinski definition) is 0. The van der Waals surface area contributed by atoms with Crippen LogP contribution in [0.3, 0.4) is 0 Å². The monoisotopic (exact) mass is 772 g/mol. The lowest BCUT2D eigenvalue weighted by atomic mass is 9.86. The van der Waals surface area contributed by atoms with E-state index in [4.69, 9.17) is 9.97 Å². The molecule has 270 valence electrons. The Balaban J connectivity index is 1.22. The molecule has 3 aromatic heterocycles. The van der Waals surface area contributed by atoms with E-state index in [0.29, 0.717) is 5.82 Å². The Morgan fingerprint density at radius 3 is 1.45 bits per heavy atom. The van der Waals surface area contributed by atoms with Gasteiger partial charge in [0.25, 0.3) is 0 Å². The van der Waals surface area contributed by atoms with E-state index in [-0.39, 0.29) is 0 Å². The van der Waals surface area contributed by atoms with Crippen LogP contribution in [0.15, 0.2) is 194 Å². The summed E-state index contributed by atoms with van der Waals surface area (Å²) >= 11 is 3.67. The van der Waals surface area contributed by atoms with Crippen LogP contribution in [-0.4, -0.2) is 9.97 Å². The zero-order chi connectivity index (χ0) is 38.2. The Hall–Kier alpha value is -6.98. The third kappa shape index (κ3) is 5.23. The van der Waals surface area contributed by atoms with Gasteiger partial charge in [-0.2, -0.15) is 0 Å². The Bertz CT molecular complexity index is 3440. The number of benzene rings is 9. The molecular weight excluding hydrogens is 741 g/mol. The van der Waals surface area contributed by atoms with Crippen LogP contribution in [0.1, 0.15) is 0 Å². The van der Waals surface area contributed by atoms with Gasteiger partial charge in [0.1, 0.15) is 0 Å². The van der Waals surface area contributed by atoms with E-state index in [1.54, 1.807) is 0 Å². The van der Waals surface area contributed by atoms with Crippen molar-refractivity contribution >= 4 is 84.6 Å². The van der Waals surface area contributed by atoms with Gasteiger partial charge in [0.05, 0.1) is 11.4 Å². The average molecular weight is 773 g/mol. The van der Waals surface area contributed by atoms with Crippen LogP contribution in [0.2, 0.25) is 0 Å². The number of nitrogens with zero attached hydrogens (tertiary/aromatic N) is 2. The largest absolute Gasteiger partial charge is 0.228 e. The van der Waals surface area contributed by atoms with Crippen molar-refractivity contribution in [3.63, 3.8) is 0 Å². The van der Waals surface area contributed by atoms with Crippen LogP contribution in [-0.2, 0) is 0 Å². The molecule has 0 saturated carbocycles. The van der Waals surface area contributed by atoms with Crippen LogP contribution in [0.5, 0.6) is 0 Å². The van der Waals surface area contributed by atoms with Gasteiger partial charge < -0.3 is 0 Å². The molecule has 3 heterocycles. The van der Waals surface area contributed by atoms with Crippen molar-refractivity contribution < 1.29 is 0 Å². The third-order valence-electron chi connectivity index (χ3n) is 11.5. The third-order valence-corrected chi connectivity index (χ3v) is 14.0. The summed E-state index contributed by atoms with van der Waals surface area (Å²) in [6, 6.07) is 70.2. The first-order chi connectivity index (χ1) is 28.8. The molecule has 0 aliphatic rings. The fraction of sp³-hybridized carbons (Fsp3) is 0. The normalized spacial score (nSPS) is 11.8. The molecule has 0 aliphatic carbocycles. The maximum absolute atomic E-state index is 5.66. The molecule has 0 N–H and O–H groups in total. The van der Waals surface area contributed by atoms with Crippen molar-refractivity contribution in [3.05, 3.63) is 194 Å². The minimum Gasteiger partial charge on any atom is -0.228 e. The van der Waals surface area contributed by atoms with Crippen molar-refractivity contribution in [3.8, 4) is 56.2 Å². The second kappa shape index (κ2) is 13.3. The van der Waals surface area contributed by atoms with E-state index in [2.05, 4.69) is 194 Å². The highest BCUT2D eigenvalue weighted by Gasteiger charge is 2.23. The first kappa shape index (κ1) is 33.2. The summed E-state index contributed by atoms with van der Waals surface area (Å²) in [6.45, 7) is 0. The van der Waals surface area contributed by atoms with Crippen molar-refractivity contribution in [1.29, 1.82) is 0 Å². The molecule has 2 nitrogen and oxygen atoms in total. The number of rotatable bonds is 5. The highest BCUT2D eigenvalue weighted by molar-refractivity contribution is 7.26. The highest BCUT2D eigenvalue weighted by Crippen LogP contribution is 2.47. The summed E-state index contributed by atoms with van der Waals surface area (Å²) < 4.78 is 5.02. The van der Waals surface area contributed by atoms with Crippen LogP contribution >= 0.6 is 22.7 Å². The summed E-state index contributed by atoms with van der Waals surface area (Å²) in [7, 11) is 0. The van der Waals surface area contributed by atoms with E-state index in [1.165, 1.54) is 67.6 Å². The molecule has 0 unspecified atom stereocenters. The van der Waals surface area contributed by atoms with Crippen molar-refractivity contribution in [2.45, 2.75) is 0 Å². The van der Waals surface area contributed by atoms with Gasteiger partial charge >= 0.3 is 0 Å². The topological polar surface area (TPSA) is 25.8 Å². The van der Waals surface area contributed by atoms with Crippen LogP contribution in [0.4, 0.5) is 0 Å². The standard InChI is InChI=1S/C54H32N2S2/c1-2-15-34(16-3-1)45-31-46(36-24-12-18-33-17-4-5-19-35(33)36)51(40-23-7-6-20-37(40)45)54-55-47(43-27-13-25-41-38-21-8-10-29-49(38)57-52(41)43)32-48(56-54)44-28-14-26-42-39-22-9-11-30-50(39)58-53(42)44/h1-32H. The quantitative estimate of drug-likeness (QED) is 0.174. The Morgan fingerprint density at radius 1 is 0.310 bits per heavy atom. The summed E-state index contributed by atoms with van der Waals surface area (Å²) in [5.41, 5.74) is 9.71. The fourth-order valence-corrected chi connectivity index (χ4v) is 11.3. The summed E-state index contributed by atoms with van der Waals surface area (Å²) in [5, 5.41) is 9.73. The maximum atomic E-state index is 5.66. The summed E-state index contributed by atoms with van der Waals surface area (Å²) in [4.78, 5) is 11.3. The molecule has 9 aromatic carbocycles. The minimum atomic E-state index is 0.711. The van der Waals surface area contributed by atoms with E-state index in [9.17, 15) is 0 Å². The SMILES string of the molecule is c1ccc(-c2cc(-c3cccc4ccccc34)c(-c3nc(-c4cccc5c4sc4ccccc45)cc(-c4cccc5c4sc4ccccc45)n3)c3ccccc23)cc1. The Labute approximate surface area is 343 Å². The summed E-state index contributed by atoms with van der Waals surface area (Å²) in [6.07, 6.45) is 0. The van der Waals surface area contributed by atoms with Gasteiger partial charge in [-0.25, -0.2) is 9.97 Å². The first-order valence-electron chi connectivity index (χ1n) is 19.6. The second-order valence-corrected chi connectivity index (χ2v) is 16.9. The van der Waals surface area contributed by atoms with Crippen molar-refractivity contribution in [2.24, 2.45) is 0 Å². The highest BCUT2D eigenvalue weighted by atomic mass is 32.1. The molecule has 0 saturated heterocycles. The van der Waals surface area contributed by atoms with Crippen LogP contribution < -0.4 is 0 Å². The molecule has 0 aliphatic heterocycles. The molecule has 58 heavy (non-hydrogen) atoms. The molecule has 12 aromatic rings. The van der Waals surface area contributed by atoms with E-state index in [1.807, 2.05) is 22.7 Å². The van der Waals surface area contributed by atoms with E-state index >= 15 is 0 Å². The Morgan fingerprint density at radius 2 is 0.793 bits per heavy atom. The molecule has 0 amide bonds. The van der Waals surface area contributed by atoms with Crippen molar-refractivity contribution in [1.82, 2.24) is 9.97 Å². The van der Waals surface area contributed by atoms with Crippen LogP contribution in [0.25, 0.3) is 118 Å². The van der Waals surface area contributed by atoms with Gasteiger partial charge in [-0.05, 0) is 68.1 Å². The lowest BCUT2D eigenvalue weighted by Crippen LogP contribution is -2.00. The zero-order valence-corrected chi connectivity index (χ0v) is 32.8. The predicted octanol–water partition coefficient (Wildman–Crippen LogP) is 15.9. The molecule has 0 radical (unpaired) electrons. The fourth-order valence-electron chi connectivity index (χ4n) is 8.88. The van der Waals surface area contributed by atoms with Gasteiger partial charge in [-0.15, -0.1) is 22.7 Å². The minimum absolute atomic E-state index is 0.711. The zero-order valence-electron chi connectivity index (χ0n) is 31.2. The van der Waals surface area contributed by atoms with Gasteiger partial charge in [0.2, 0.25) is 0 Å². The van der Waals surface area contributed by atoms with Gasteiger partial charge in [0, 0.05) is 57.0 Å². The maximum Gasteiger partial charge on any atom is 0.161 e. The summed E-state index contributed by atoms with van der Waals surface area (Å²) in [5.74, 6) is 0.711. The second-order valence-electron chi connectivity index (χ2n) is 14.8. The van der Waals surface area contributed by atoms with Crippen LogP contribution in [0, 0.1) is 0 Å². The van der Waals surface area contributed by atoms with E-state index in [0.717, 1.165) is 44.6 Å². The lowest BCUT2D eigenvalue weighted by Gasteiger charge is -2.19. The molecular formula is C54H32N2S2. The van der Waals surface area contributed by atoms with Gasteiger partial charge in [0.15, 0.2) is 5.82 Å².